The summed E-state index contributed by atoms with van der Waals surface area (Å²) >= 11 is 0. The van der Waals surface area contributed by atoms with Crippen molar-refractivity contribution in [3.05, 3.63) is 47.7 Å². The summed E-state index contributed by atoms with van der Waals surface area (Å²) in [5, 5.41) is 2.82. The van der Waals surface area contributed by atoms with Crippen molar-refractivity contribution in [3.63, 3.8) is 0 Å². The monoisotopic (exact) mass is 394 g/mol. The summed E-state index contributed by atoms with van der Waals surface area (Å²) in [5.74, 6) is 0.119. The maximum absolute atomic E-state index is 13.1. The summed E-state index contributed by atoms with van der Waals surface area (Å²) in [6.45, 7) is 0.741. The lowest BCUT2D eigenvalue weighted by atomic mass is 9.65. The van der Waals surface area contributed by atoms with Crippen molar-refractivity contribution in [2.45, 2.75) is 50.4 Å². The van der Waals surface area contributed by atoms with Crippen LogP contribution in [0.25, 0.3) is 0 Å². The molecule has 0 radical (unpaired) electrons. The van der Waals surface area contributed by atoms with Crippen LogP contribution in [0.2, 0.25) is 0 Å². The van der Waals surface area contributed by atoms with E-state index in [1.54, 1.807) is 0 Å². The summed E-state index contributed by atoms with van der Waals surface area (Å²) in [4.78, 5) is 36.4. The van der Waals surface area contributed by atoms with E-state index in [0.717, 1.165) is 74.8 Å². The van der Waals surface area contributed by atoms with Crippen LogP contribution in [0, 0.1) is 11.7 Å². The molecule has 2 aromatic heterocycles. The lowest BCUT2D eigenvalue weighted by molar-refractivity contribution is -0.124. The van der Waals surface area contributed by atoms with Crippen LogP contribution in [0.4, 0.5) is 15.9 Å². The number of amides is 2. The molecule has 0 unspecified atom stereocenters. The van der Waals surface area contributed by atoms with E-state index in [9.17, 15) is 14.0 Å². The number of rotatable bonds is 4. The van der Waals surface area contributed by atoms with Crippen molar-refractivity contribution in [2.24, 2.45) is 5.92 Å². The van der Waals surface area contributed by atoms with E-state index in [4.69, 9.17) is 4.98 Å². The molecule has 3 heterocycles. The van der Waals surface area contributed by atoms with E-state index in [1.807, 2.05) is 17.0 Å². The van der Waals surface area contributed by atoms with Gasteiger partial charge in [-0.15, -0.1) is 0 Å². The van der Waals surface area contributed by atoms with Gasteiger partial charge in [-0.25, -0.2) is 9.37 Å². The lowest BCUT2D eigenvalue weighted by Crippen LogP contribution is -2.47. The maximum Gasteiger partial charge on any atom is 0.237 e. The van der Waals surface area contributed by atoms with Gasteiger partial charge in [0.2, 0.25) is 11.8 Å². The summed E-state index contributed by atoms with van der Waals surface area (Å²) < 4.78 is 13.1. The predicted octanol–water partition coefficient (Wildman–Crippen LogP) is 3.37. The van der Waals surface area contributed by atoms with E-state index < -0.39 is 11.2 Å². The molecule has 1 N–H and O–H groups in total. The molecular formula is C22H23FN4O2. The van der Waals surface area contributed by atoms with Gasteiger partial charge in [-0.3, -0.25) is 14.6 Å². The highest BCUT2D eigenvalue weighted by Gasteiger charge is 2.47. The van der Waals surface area contributed by atoms with Gasteiger partial charge in [-0.2, -0.15) is 0 Å². The van der Waals surface area contributed by atoms with Crippen molar-refractivity contribution in [3.8, 4) is 0 Å². The molecule has 29 heavy (non-hydrogen) atoms. The van der Waals surface area contributed by atoms with E-state index in [0.29, 0.717) is 5.82 Å². The Bertz CT molecular complexity index is 967. The molecule has 2 aromatic rings. The molecular weight excluding hydrogens is 371 g/mol. The molecule has 6 nitrogen and oxygen atoms in total. The SMILES string of the molecule is O=C(C1CC1)N1CCCc2nc(C3(C(=O)Nc4ccc(F)cn4)CCC3)ccc21. The Hall–Kier alpha value is -2.83. The molecule has 150 valence electrons. The molecule has 1 aliphatic heterocycles. The van der Waals surface area contributed by atoms with Crippen LogP contribution in [-0.2, 0) is 21.4 Å². The van der Waals surface area contributed by atoms with Gasteiger partial charge in [0.15, 0.2) is 0 Å². The third-order valence-electron chi connectivity index (χ3n) is 6.33. The number of pyridine rings is 2. The summed E-state index contributed by atoms with van der Waals surface area (Å²) in [5.41, 5.74) is 1.87. The third kappa shape index (κ3) is 3.18. The van der Waals surface area contributed by atoms with E-state index in [2.05, 4.69) is 10.3 Å². The van der Waals surface area contributed by atoms with Gasteiger partial charge in [0.25, 0.3) is 0 Å². The zero-order chi connectivity index (χ0) is 20.0. The number of hydrogen-bond donors (Lipinski definition) is 1. The van der Waals surface area contributed by atoms with Gasteiger partial charge in [0.05, 0.1) is 28.7 Å². The number of fused-ring (bicyclic) bond motifs is 1. The molecule has 5 rings (SSSR count). The van der Waals surface area contributed by atoms with Gasteiger partial charge >= 0.3 is 0 Å². The second-order valence-electron chi connectivity index (χ2n) is 8.28. The second-order valence-corrected chi connectivity index (χ2v) is 8.28. The van der Waals surface area contributed by atoms with Crippen LogP contribution < -0.4 is 10.2 Å². The molecule has 3 aliphatic rings. The summed E-state index contributed by atoms with van der Waals surface area (Å²) in [6, 6.07) is 6.59. The Morgan fingerprint density at radius 1 is 1.14 bits per heavy atom. The number of aromatic nitrogens is 2. The smallest absolute Gasteiger partial charge is 0.237 e. The number of carbonyl (C=O) groups excluding carboxylic acids is 2. The number of halogens is 1. The molecule has 0 saturated heterocycles. The average Bonchev–Trinajstić information content (AvgIpc) is 3.53. The topological polar surface area (TPSA) is 75.2 Å². The zero-order valence-corrected chi connectivity index (χ0v) is 16.2. The number of nitrogens with one attached hydrogen (secondary N) is 1. The fourth-order valence-electron chi connectivity index (χ4n) is 4.31. The van der Waals surface area contributed by atoms with E-state index in [1.165, 1.54) is 12.1 Å². The minimum Gasteiger partial charge on any atom is -0.310 e. The standard InChI is InChI=1S/C22H23FN4O2/c23-15-6-9-19(24-13-15)26-21(29)22(10-2-11-22)18-8-7-17-16(25-18)3-1-12-27(17)20(28)14-4-5-14/h6-9,13-14H,1-5,10-12H2,(H,24,26,29). The summed E-state index contributed by atoms with van der Waals surface area (Å²) in [7, 11) is 0. The Morgan fingerprint density at radius 3 is 2.62 bits per heavy atom. The zero-order valence-electron chi connectivity index (χ0n) is 16.2. The predicted molar refractivity (Wildman–Crippen MR) is 106 cm³/mol. The minimum atomic E-state index is -0.687. The van der Waals surface area contributed by atoms with E-state index in [-0.39, 0.29) is 17.7 Å². The van der Waals surface area contributed by atoms with Crippen molar-refractivity contribution >= 4 is 23.3 Å². The highest BCUT2D eigenvalue weighted by atomic mass is 19.1. The first-order chi connectivity index (χ1) is 14.1. The quantitative estimate of drug-likeness (QED) is 0.863. The summed E-state index contributed by atoms with van der Waals surface area (Å²) in [6.07, 6.45) is 7.15. The molecule has 2 aliphatic carbocycles. The Morgan fingerprint density at radius 2 is 1.97 bits per heavy atom. The molecule has 0 aromatic carbocycles. The second kappa shape index (κ2) is 6.90. The maximum atomic E-state index is 13.1. The Kier molecular flexibility index (Phi) is 4.33. The highest BCUT2D eigenvalue weighted by molar-refractivity contribution is 5.99. The normalized spacial score (nSPS) is 19.8. The first kappa shape index (κ1) is 18.2. The molecule has 0 spiro atoms. The largest absolute Gasteiger partial charge is 0.310 e. The molecule has 2 fully saturated rings. The molecule has 7 heteroatoms. The third-order valence-corrected chi connectivity index (χ3v) is 6.33. The fraction of sp³-hybridized carbons (Fsp3) is 0.455. The Balaban J connectivity index is 1.42. The minimum absolute atomic E-state index is 0.156. The Labute approximate surface area is 168 Å². The lowest BCUT2D eigenvalue weighted by Gasteiger charge is -2.40. The van der Waals surface area contributed by atoms with E-state index >= 15 is 0 Å². The molecule has 2 saturated carbocycles. The van der Waals surface area contributed by atoms with Crippen molar-refractivity contribution < 1.29 is 14.0 Å². The van der Waals surface area contributed by atoms with Crippen LogP contribution in [0.3, 0.4) is 0 Å². The van der Waals surface area contributed by atoms with Crippen LogP contribution >= 0.6 is 0 Å². The van der Waals surface area contributed by atoms with Crippen molar-refractivity contribution in [1.82, 2.24) is 9.97 Å². The van der Waals surface area contributed by atoms with Gasteiger partial charge in [-0.05, 0) is 62.8 Å². The van der Waals surface area contributed by atoms with Crippen LogP contribution in [0.15, 0.2) is 30.5 Å². The van der Waals surface area contributed by atoms with Crippen molar-refractivity contribution in [1.29, 1.82) is 0 Å². The number of hydrogen-bond acceptors (Lipinski definition) is 4. The first-order valence-corrected chi connectivity index (χ1v) is 10.3. The van der Waals surface area contributed by atoms with Gasteiger partial charge < -0.3 is 10.2 Å². The average molecular weight is 394 g/mol. The molecule has 0 atom stereocenters. The van der Waals surface area contributed by atoms with Gasteiger partial charge in [-0.1, -0.05) is 6.42 Å². The number of carbonyl (C=O) groups is 2. The van der Waals surface area contributed by atoms with Gasteiger partial charge in [0, 0.05) is 12.5 Å². The van der Waals surface area contributed by atoms with Gasteiger partial charge in [0.1, 0.15) is 11.6 Å². The van der Waals surface area contributed by atoms with Crippen LogP contribution in [0.1, 0.15) is 49.9 Å². The number of aryl methyl sites for hydroxylation is 1. The number of anilines is 2. The first-order valence-electron chi connectivity index (χ1n) is 10.3. The van der Waals surface area contributed by atoms with Crippen LogP contribution in [-0.4, -0.2) is 28.3 Å². The molecule has 0 bridgehead atoms. The highest BCUT2D eigenvalue weighted by Crippen LogP contribution is 2.45. The van der Waals surface area contributed by atoms with Crippen molar-refractivity contribution in [2.75, 3.05) is 16.8 Å². The number of nitrogens with zero attached hydrogens (tertiary/aromatic N) is 3. The molecule has 2 amide bonds. The fourth-order valence-corrected chi connectivity index (χ4v) is 4.31. The van der Waals surface area contributed by atoms with Crippen LogP contribution in [0.5, 0.6) is 0 Å².